The van der Waals surface area contributed by atoms with Crippen LogP contribution in [0, 0.1) is 5.92 Å². The first-order chi connectivity index (χ1) is 23.0. The number of aromatic nitrogens is 2. The van der Waals surface area contributed by atoms with Crippen LogP contribution in [0.3, 0.4) is 0 Å². The fourth-order valence-corrected chi connectivity index (χ4v) is 6.99. The number of rotatable bonds is 5. The summed E-state index contributed by atoms with van der Waals surface area (Å²) in [6.07, 6.45) is 8.63. The Morgan fingerprint density at radius 3 is 1.79 bits per heavy atom. The lowest BCUT2D eigenvalue weighted by atomic mass is 9.95. The van der Waals surface area contributed by atoms with Crippen molar-refractivity contribution in [3.8, 4) is 33.6 Å². The van der Waals surface area contributed by atoms with Gasteiger partial charge in [0.2, 0.25) is 0 Å². The Labute approximate surface area is 273 Å². The lowest BCUT2D eigenvalue weighted by Crippen LogP contribution is -2.40. The summed E-state index contributed by atoms with van der Waals surface area (Å²) in [5.41, 5.74) is 7.02. The Morgan fingerprint density at radius 1 is 0.596 bits per heavy atom. The van der Waals surface area contributed by atoms with E-state index in [0.717, 1.165) is 33.6 Å². The molecule has 8 rings (SSSR count). The van der Waals surface area contributed by atoms with E-state index in [1.807, 2.05) is 109 Å². The first kappa shape index (κ1) is 28.6. The minimum atomic E-state index is -0.412. The molecule has 0 spiro atoms. The molecule has 0 fully saturated rings. The number of nitrogens with zero attached hydrogens (tertiary/aromatic N) is 4. The van der Waals surface area contributed by atoms with Gasteiger partial charge in [0, 0.05) is 7.05 Å². The van der Waals surface area contributed by atoms with Crippen molar-refractivity contribution in [2.75, 3.05) is 23.5 Å². The Kier molecular flexibility index (Phi) is 6.98. The van der Waals surface area contributed by atoms with Gasteiger partial charge in [-0.05, 0) is 64.6 Å². The van der Waals surface area contributed by atoms with Crippen LogP contribution in [0.25, 0.3) is 44.5 Å². The van der Waals surface area contributed by atoms with E-state index in [2.05, 4.69) is 60.2 Å². The number of allylic oxidation sites excluding steroid dienone is 2. The third kappa shape index (κ3) is 4.90. The molecule has 0 N–H and O–H groups in total. The van der Waals surface area contributed by atoms with E-state index in [1.54, 1.807) is 4.57 Å². The van der Waals surface area contributed by atoms with Crippen molar-refractivity contribution >= 4 is 22.3 Å². The van der Waals surface area contributed by atoms with Crippen LogP contribution in [-0.4, -0.2) is 28.9 Å². The van der Waals surface area contributed by atoms with Crippen LogP contribution in [0.1, 0.15) is 6.92 Å². The van der Waals surface area contributed by atoms with Crippen molar-refractivity contribution in [2.24, 2.45) is 5.92 Å². The van der Waals surface area contributed by atoms with Gasteiger partial charge in [0.15, 0.2) is 0 Å². The maximum absolute atomic E-state index is 14.8. The quantitative estimate of drug-likeness (QED) is 0.199. The van der Waals surface area contributed by atoms with E-state index in [1.165, 1.54) is 4.57 Å². The Morgan fingerprint density at radius 2 is 1.17 bits per heavy atom. The molecule has 0 saturated carbocycles. The van der Waals surface area contributed by atoms with E-state index in [9.17, 15) is 9.59 Å². The molecule has 2 heterocycles. The molecule has 1 aromatic heterocycles. The van der Waals surface area contributed by atoms with Gasteiger partial charge in [-0.1, -0.05) is 116 Å². The third-order valence-corrected chi connectivity index (χ3v) is 9.39. The number of hydrogen-bond acceptors (Lipinski definition) is 4. The van der Waals surface area contributed by atoms with Crippen molar-refractivity contribution in [3.63, 3.8) is 0 Å². The maximum Gasteiger partial charge on any atom is 0.340 e. The predicted octanol–water partition coefficient (Wildman–Crippen LogP) is 7.82. The summed E-state index contributed by atoms with van der Waals surface area (Å²) < 4.78 is 3.02. The zero-order valence-electron chi connectivity index (χ0n) is 26.3. The minimum Gasteiger partial charge on any atom is -0.355 e. The van der Waals surface area contributed by atoms with Crippen LogP contribution in [0.2, 0.25) is 0 Å². The second kappa shape index (κ2) is 11.5. The highest BCUT2D eigenvalue weighted by Crippen LogP contribution is 2.41. The molecule has 0 bridgehead atoms. The Bertz CT molecular complexity index is 2320. The highest BCUT2D eigenvalue weighted by molar-refractivity contribution is 5.93. The summed E-state index contributed by atoms with van der Waals surface area (Å²) in [5, 5.41) is 0.486. The average molecular weight is 615 g/mol. The highest BCUT2D eigenvalue weighted by Gasteiger charge is 2.32. The number of fused-ring (bicyclic) bond motifs is 2. The summed E-state index contributed by atoms with van der Waals surface area (Å²) in [5.74, 6) is 0.310. The van der Waals surface area contributed by atoms with Crippen molar-refractivity contribution in [1.29, 1.82) is 0 Å². The molecule has 0 radical (unpaired) electrons. The van der Waals surface area contributed by atoms with Crippen LogP contribution in [0.4, 0.5) is 11.4 Å². The number of benzene rings is 5. The largest absolute Gasteiger partial charge is 0.355 e. The molecule has 2 atom stereocenters. The molecule has 1 aliphatic heterocycles. The summed E-state index contributed by atoms with van der Waals surface area (Å²) in [6, 6.07) is 39.9. The van der Waals surface area contributed by atoms with Crippen LogP contribution < -0.4 is 21.0 Å². The molecule has 6 nitrogen and oxygen atoms in total. The topological polar surface area (TPSA) is 50.5 Å². The van der Waals surface area contributed by atoms with Gasteiger partial charge in [-0.3, -0.25) is 9.36 Å². The van der Waals surface area contributed by atoms with Crippen LogP contribution in [-0.2, 0) is 0 Å². The van der Waals surface area contributed by atoms with Gasteiger partial charge >= 0.3 is 5.69 Å². The van der Waals surface area contributed by atoms with Crippen molar-refractivity contribution in [2.45, 2.75) is 13.0 Å². The zero-order valence-corrected chi connectivity index (χ0v) is 26.3. The second-order valence-corrected chi connectivity index (χ2v) is 12.4. The highest BCUT2D eigenvalue weighted by atomic mass is 16.2. The zero-order chi connectivity index (χ0) is 32.1. The first-order valence-corrected chi connectivity index (χ1v) is 16.0. The summed E-state index contributed by atoms with van der Waals surface area (Å²) in [6.45, 7) is 2.90. The van der Waals surface area contributed by atoms with E-state index < -0.39 is 5.69 Å². The molecule has 47 heavy (non-hydrogen) atoms. The van der Waals surface area contributed by atoms with Gasteiger partial charge in [-0.2, -0.15) is 0 Å². The van der Waals surface area contributed by atoms with E-state index >= 15 is 0 Å². The summed E-state index contributed by atoms with van der Waals surface area (Å²) >= 11 is 0. The standard InChI is InChI=1S/C41H34N4O2/c1-28-13-9-10-22-36(28)43-27-42(2)38-25-35-37(26-39(38)43)44(33-20-11-18-31(23-33)29-14-5-3-6-15-29)41(47)45(40(35)46)34-21-12-19-32(24-34)30-16-7-4-8-17-30/h3-26,28,36H,27H2,1-2H3. The molecule has 6 aromatic rings. The molecular weight excluding hydrogens is 580 g/mol. The second-order valence-electron chi connectivity index (χ2n) is 12.4. The molecule has 230 valence electrons. The molecule has 2 unspecified atom stereocenters. The van der Waals surface area contributed by atoms with Gasteiger partial charge in [0.25, 0.3) is 5.56 Å². The van der Waals surface area contributed by atoms with Crippen LogP contribution in [0.5, 0.6) is 0 Å². The van der Waals surface area contributed by atoms with Crippen molar-refractivity contribution in [1.82, 2.24) is 9.13 Å². The Hall–Kier alpha value is -5.88. The fourth-order valence-electron chi connectivity index (χ4n) is 6.99. The molecule has 0 amide bonds. The lowest BCUT2D eigenvalue weighted by molar-refractivity contribution is 0.572. The fraction of sp³-hybridized carbons (Fsp3) is 0.122. The van der Waals surface area contributed by atoms with Crippen LogP contribution >= 0.6 is 0 Å². The van der Waals surface area contributed by atoms with E-state index in [0.29, 0.717) is 34.9 Å². The van der Waals surface area contributed by atoms with E-state index in [4.69, 9.17) is 0 Å². The van der Waals surface area contributed by atoms with Gasteiger partial charge in [-0.15, -0.1) is 0 Å². The SMILES string of the molecule is CC1C=CC=CC1N1CN(C)c2cc3c(=O)n(-c4cccc(-c5ccccc5)c4)c(=O)n(-c4cccc(-c5ccccc5)c4)c3cc21. The number of anilines is 2. The minimum absolute atomic E-state index is 0.156. The first-order valence-electron chi connectivity index (χ1n) is 16.0. The van der Waals surface area contributed by atoms with Gasteiger partial charge in [0.05, 0.1) is 46.4 Å². The normalized spacial score (nSPS) is 17.0. The summed E-state index contributed by atoms with van der Waals surface area (Å²) in [7, 11) is 2.05. The third-order valence-electron chi connectivity index (χ3n) is 9.39. The monoisotopic (exact) mass is 614 g/mol. The number of hydrogen-bond donors (Lipinski definition) is 0. The van der Waals surface area contributed by atoms with Crippen LogP contribution in [0.15, 0.2) is 155 Å². The average Bonchev–Trinajstić information content (AvgIpc) is 3.43. The molecule has 6 heteroatoms. The van der Waals surface area contributed by atoms with Gasteiger partial charge < -0.3 is 9.80 Å². The van der Waals surface area contributed by atoms with Gasteiger partial charge in [0.1, 0.15) is 0 Å². The van der Waals surface area contributed by atoms with Gasteiger partial charge in [-0.25, -0.2) is 9.36 Å². The van der Waals surface area contributed by atoms with Crippen molar-refractivity contribution in [3.05, 3.63) is 166 Å². The molecule has 5 aromatic carbocycles. The molecule has 1 aliphatic carbocycles. The smallest absolute Gasteiger partial charge is 0.340 e. The van der Waals surface area contributed by atoms with Crippen molar-refractivity contribution < 1.29 is 0 Å². The molecular formula is C41H34N4O2. The molecule has 2 aliphatic rings. The maximum atomic E-state index is 14.8. The summed E-state index contributed by atoms with van der Waals surface area (Å²) in [4.78, 5) is 33.8. The predicted molar refractivity (Wildman–Crippen MR) is 193 cm³/mol. The lowest BCUT2D eigenvalue weighted by Gasteiger charge is -2.32. The Balaban J connectivity index is 1.40. The molecule has 0 saturated heterocycles. The van der Waals surface area contributed by atoms with E-state index in [-0.39, 0.29) is 11.6 Å².